The number of amides is 1. The van der Waals surface area contributed by atoms with Crippen molar-refractivity contribution < 1.29 is 13.9 Å². The molecule has 1 aromatic carbocycles. The van der Waals surface area contributed by atoms with Crippen molar-refractivity contribution in [2.45, 2.75) is 18.9 Å². The molecule has 4 rings (SSSR count). The average molecular weight is 339 g/mol. The van der Waals surface area contributed by atoms with Gasteiger partial charge in [-0.15, -0.1) is 0 Å². The van der Waals surface area contributed by atoms with Crippen molar-refractivity contribution in [3.05, 3.63) is 60.3 Å². The highest BCUT2D eigenvalue weighted by molar-refractivity contribution is 5.98. The molecule has 2 aromatic heterocycles. The molecule has 3 heterocycles. The maximum absolute atomic E-state index is 13.8. The first kappa shape index (κ1) is 15.6. The van der Waals surface area contributed by atoms with Crippen molar-refractivity contribution in [1.29, 1.82) is 0 Å². The van der Waals surface area contributed by atoms with Gasteiger partial charge in [0.05, 0.1) is 6.20 Å². The fourth-order valence-electron chi connectivity index (χ4n) is 3.19. The standard InChI is InChI=1S/C19H18FN3O2/c20-16-4-1-5-17-15(16)11-18(22-17)19(24)23-9-6-13(7-10-23)25-14-3-2-8-21-12-14/h1-5,8,11-13,22H,6-7,9-10H2. The van der Waals surface area contributed by atoms with Gasteiger partial charge in [-0.05, 0) is 30.3 Å². The highest BCUT2D eigenvalue weighted by Crippen LogP contribution is 2.22. The third kappa shape index (κ3) is 3.20. The molecule has 0 unspecified atom stereocenters. The molecule has 0 spiro atoms. The van der Waals surface area contributed by atoms with Crippen LogP contribution in [-0.4, -0.2) is 40.0 Å². The zero-order chi connectivity index (χ0) is 17.2. The molecular weight excluding hydrogens is 321 g/mol. The number of benzene rings is 1. The van der Waals surface area contributed by atoms with E-state index in [2.05, 4.69) is 9.97 Å². The van der Waals surface area contributed by atoms with Gasteiger partial charge in [0.15, 0.2) is 0 Å². The minimum atomic E-state index is -0.323. The summed E-state index contributed by atoms with van der Waals surface area (Å²) < 4.78 is 19.7. The van der Waals surface area contributed by atoms with Crippen LogP contribution in [0.25, 0.3) is 10.9 Å². The van der Waals surface area contributed by atoms with Crippen LogP contribution < -0.4 is 4.74 Å². The molecule has 0 atom stereocenters. The van der Waals surface area contributed by atoms with E-state index in [4.69, 9.17) is 4.74 Å². The number of pyridine rings is 1. The molecule has 5 nitrogen and oxygen atoms in total. The Morgan fingerprint density at radius 3 is 2.80 bits per heavy atom. The number of aromatic amines is 1. The second kappa shape index (κ2) is 6.55. The van der Waals surface area contributed by atoms with Gasteiger partial charge in [0, 0.05) is 43.0 Å². The third-order valence-electron chi connectivity index (χ3n) is 4.51. The van der Waals surface area contributed by atoms with Crippen LogP contribution in [0, 0.1) is 5.82 Å². The lowest BCUT2D eigenvalue weighted by Crippen LogP contribution is -2.41. The van der Waals surface area contributed by atoms with Gasteiger partial charge in [-0.25, -0.2) is 4.39 Å². The van der Waals surface area contributed by atoms with E-state index < -0.39 is 0 Å². The smallest absolute Gasteiger partial charge is 0.270 e. The number of nitrogens with one attached hydrogen (secondary N) is 1. The molecule has 0 radical (unpaired) electrons. The van der Waals surface area contributed by atoms with Crippen LogP contribution in [0.15, 0.2) is 48.8 Å². The molecular formula is C19H18FN3O2. The summed E-state index contributed by atoms with van der Waals surface area (Å²) in [5, 5.41) is 0.445. The zero-order valence-corrected chi connectivity index (χ0v) is 13.6. The molecule has 1 aliphatic rings. The first-order valence-electron chi connectivity index (χ1n) is 8.34. The molecule has 6 heteroatoms. The topological polar surface area (TPSA) is 58.2 Å². The quantitative estimate of drug-likeness (QED) is 0.796. The maximum Gasteiger partial charge on any atom is 0.270 e. The second-order valence-corrected chi connectivity index (χ2v) is 6.18. The summed E-state index contributed by atoms with van der Waals surface area (Å²) in [4.78, 5) is 21.5. The fourth-order valence-corrected chi connectivity index (χ4v) is 3.19. The van der Waals surface area contributed by atoms with Crippen LogP contribution in [0.1, 0.15) is 23.3 Å². The summed E-state index contributed by atoms with van der Waals surface area (Å²) >= 11 is 0. The summed E-state index contributed by atoms with van der Waals surface area (Å²) in [6, 6.07) is 10.1. The Balaban J connectivity index is 1.41. The number of ether oxygens (including phenoxy) is 1. The van der Waals surface area contributed by atoms with Gasteiger partial charge < -0.3 is 14.6 Å². The third-order valence-corrected chi connectivity index (χ3v) is 4.51. The van der Waals surface area contributed by atoms with Crippen LogP contribution in [-0.2, 0) is 0 Å². The van der Waals surface area contributed by atoms with E-state index in [1.807, 2.05) is 12.1 Å². The van der Waals surface area contributed by atoms with Gasteiger partial charge in [-0.2, -0.15) is 0 Å². The van der Waals surface area contributed by atoms with Crippen LogP contribution >= 0.6 is 0 Å². The number of hydrogen-bond donors (Lipinski definition) is 1. The molecule has 128 valence electrons. The van der Waals surface area contributed by atoms with Crippen molar-refractivity contribution >= 4 is 16.8 Å². The summed E-state index contributed by atoms with van der Waals surface area (Å²) in [5.74, 6) is 0.324. The number of nitrogens with zero attached hydrogens (tertiary/aromatic N) is 2. The van der Waals surface area contributed by atoms with Crippen molar-refractivity contribution in [2.75, 3.05) is 13.1 Å². The molecule has 3 aromatic rings. The number of rotatable bonds is 3. The van der Waals surface area contributed by atoms with Crippen LogP contribution in [0.2, 0.25) is 0 Å². The van der Waals surface area contributed by atoms with Crippen LogP contribution in [0.3, 0.4) is 0 Å². The van der Waals surface area contributed by atoms with Gasteiger partial charge in [-0.1, -0.05) is 6.07 Å². The highest BCUT2D eigenvalue weighted by atomic mass is 19.1. The summed E-state index contributed by atoms with van der Waals surface area (Å²) in [6.07, 6.45) is 4.99. The molecule has 1 amide bonds. The Kier molecular flexibility index (Phi) is 4.09. The molecule has 1 N–H and O–H groups in total. The number of piperidine rings is 1. The number of aromatic nitrogens is 2. The number of hydrogen-bond acceptors (Lipinski definition) is 3. The van der Waals surface area contributed by atoms with Gasteiger partial charge in [0.25, 0.3) is 5.91 Å². The second-order valence-electron chi connectivity index (χ2n) is 6.18. The minimum Gasteiger partial charge on any atom is -0.489 e. The Labute approximate surface area is 144 Å². The van der Waals surface area contributed by atoms with E-state index in [0.717, 1.165) is 18.6 Å². The van der Waals surface area contributed by atoms with E-state index in [1.165, 1.54) is 6.07 Å². The Bertz CT molecular complexity index is 886. The van der Waals surface area contributed by atoms with E-state index in [9.17, 15) is 9.18 Å². The monoisotopic (exact) mass is 339 g/mol. The van der Waals surface area contributed by atoms with Crippen molar-refractivity contribution in [1.82, 2.24) is 14.9 Å². The number of carbonyl (C=O) groups excluding carboxylic acids is 1. The first-order chi connectivity index (χ1) is 12.2. The normalized spacial score (nSPS) is 15.5. The van der Waals surface area contributed by atoms with Crippen molar-refractivity contribution in [2.24, 2.45) is 0 Å². The molecule has 1 saturated heterocycles. The predicted molar refractivity (Wildman–Crippen MR) is 92.0 cm³/mol. The average Bonchev–Trinajstić information content (AvgIpc) is 3.08. The fraction of sp³-hybridized carbons (Fsp3) is 0.263. The number of carbonyl (C=O) groups is 1. The molecule has 25 heavy (non-hydrogen) atoms. The number of likely N-dealkylation sites (tertiary alicyclic amines) is 1. The molecule has 1 fully saturated rings. The predicted octanol–water partition coefficient (Wildman–Crippen LogP) is 3.39. The minimum absolute atomic E-state index is 0.0772. The lowest BCUT2D eigenvalue weighted by Gasteiger charge is -2.31. The van der Waals surface area contributed by atoms with Gasteiger partial charge in [0.1, 0.15) is 23.4 Å². The SMILES string of the molecule is O=C(c1cc2c(F)cccc2[nH]1)N1CCC(Oc2cccnc2)CC1. The van der Waals surface area contributed by atoms with Crippen LogP contribution in [0.4, 0.5) is 4.39 Å². The van der Waals surface area contributed by atoms with Gasteiger partial charge in [0.2, 0.25) is 0 Å². The molecule has 1 aliphatic heterocycles. The van der Waals surface area contributed by atoms with Crippen molar-refractivity contribution in [3.8, 4) is 5.75 Å². The highest BCUT2D eigenvalue weighted by Gasteiger charge is 2.25. The van der Waals surface area contributed by atoms with Crippen LogP contribution in [0.5, 0.6) is 5.75 Å². The van der Waals surface area contributed by atoms with Gasteiger partial charge in [-0.3, -0.25) is 9.78 Å². The Hall–Kier alpha value is -2.89. The Morgan fingerprint density at radius 2 is 2.08 bits per heavy atom. The van der Waals surface area contributed by atoms with E-state index in [1.54, 1.807) is 35.5 Å². The summed E-state index contributed by atoms with van der Waals surface area (Å²) in [6.45, 7) is 1.23. The number of H-pyrrole nitrogens is 1. The lowest BCUT2D eigenvalue weighted by molar-refractivity contribution is 0.0590. The van der Waals surface area contributed by atoms with E-state index >= 15 is 0 Å². The van der Waals surface area contributed by atoms with E-state index in [-0.39, 0.29) is 17.8 Å². The van der Waals surface area contributed by atoms with Gasteiger partial charge >= 0.3 is 0 Å². The van der Waals surface area contributed by atoms with Crippen molar-refractivity contribution in [3.63, 3.8) is 0 Å². The summed E-state index contributed by atoms with van der Waals surface area (Å²) in [5.41, 5.74) is 1.06. The molecule has 0 bridgehead atoms. The molecule has 0 saturated carbocycles. The number of halogens is 1. The Morgan fingerprint density at radius 1 is 1.24 bits per heavy atom. The van der Waals surface area contributed by atoms with E-state index in [0.29, 0.717) is 29.7 Å². The first-order valence-corrected chi connectivity index (χ1v) is 8.34. The molecule has 0 aliphatic carbocycles. The summed E-state index contributed by atoms with van der Waals surface area (Å²) in [7, 11) is 0. The number of fused-ring (bicyclic) bond motifs is 1. The zero-order valence-electron chi connectivity index (χ0n) is 13.6. The largest absolute Gasteiger partial charge is 0.489 e. The lowest BCUT2D eigenvalue weighted by atomic mass is 10.1. The maximum atomic E-state index is 13.8.